The van der Waals surface area contributed by atoms with E-state index in [-0.39, 0.29) is 17.0 Å². The normalized spacial score (nSPS) is 19.1. The molecule has 0 aliphatic carbocycles. The van der Waals surface area contributed by atoms with Crippen molar-refractivity contribution in [1.29, 1.82) is 0 Å². The highest BCUT2D eigenvalue weighted by Crippen LogP contribution is 2.34. The number of nitro benzene ring substituents is 1. The van der Waals surface area contributed by atoms with Crippen LogP contribution < -0.4 is 4.90 Å². The van der Waals surface area contributed by atoms with E-state index < -0.39 is 17.0 Å². The monoisotopic (exact) mass is 463 g/mol. The maximum atomic E-state index is 13.1. The number of aromatic amines is 1. The van der Waals surface area contributed by atoms with Crippen LogP contribution in [0.1, 0.15) is 53.6 Å². The van der Waals surface area contributed by atoms with Crippen molar-refractivity contribution in [2.45, 2.75) is 40.2 Å². The number of aromatic nitrogens is 1. The van der Waals surface area contributed by atoms with Crippen LogP contribution in [0.15, 0.2) is 42.5 Å². The van der Waals surface area contributed by atoms with E-state index in [1.54, 1.807) is 13.0 Å². The summed E-state index contributed by atoms with van der Waals surface area (Å²) in [6, 6.07) is 11.8. The van der Waals surface area contributed by atoms with Gasteiger partial charge in [-0.3, -0.25) is 14.9 Å². The van der Waals surface area contributed by atoms with Crippen LogP contribution in [0.5, 0.6) is 0 Å². The third-order valence-corrected chi connectivity index (χ3v) is 6.41. The number of hydrogen-bond acceptors (Lipinski definition) is 6. The van der Waals surface area contributed by atoms with Crippen LogP contribution >= 0.6 is 0 Å². The highest BCUT2D eigenvalue weighted by atomic mass is 16.6. The molecule has 178 valence electrons. The van der Waals surface area contributed by atoms with Crippen LogP contribution in [-0.4, -0.2) is 40.9 Å². The molecule has 8 heteroatoms. The van der Waals surface area contributed by atoms with Gasteiger partial charge in [-0.25, -0.2) is 4.79 Å². The van der Waals surface area contributed by atoms with Crippen LogP contribution in [0.25, 0.3) is 10.9 Å². The van der Waals surface area contributed by atoms with Crippen LogP contribution in [0.2, 0.25) is 0 Å². The molecule has 1 aromatic heterocycles. The number of anilines is 1. The number of nitro groups is 1. The van der Waals surface area contributed by atoms with E-state index >= 15 is 0 Å². The van der Waals surface area contributed by atoms with Gasteiger partial charge in [-0.05, 0) is 50.3 Å². The van der Waals surface area contributed by atoms with Gasteiger partial charge in [0.1, 0.15) is 5.69 Å². The Morgan fingerprint density at radius 1 is 1.15 bits per heavy atom. The van der Waals surface area contributed by atoms with Gasteiger partial charge in [-0.1, -0.05) is 32.0 Å². The van der Waals surface area contributed by atoms with E-state index in [9.17, 15) is 19.7 Å². The van der Waals surface area contributed by atoms with Crippen LogP contribution in [0.4, 0.5) is 11.4 Å². The van der Waals surface area contributed by atoms with E-state index in [0.29, 0.717) is 28.8 Å². The second kappa shape index (κ2) is 9.29. The molecule has 1 fully saturated rings. The summed E-state index contributed by atoms with van der Waals surface area (Å²) in [7, 11) is 0. The minimum Gasteiger partial charge on any atom is -0.451 e. The van der Waals surface area contributed by atoms with Crippen molar-refractivity contribution in [3.8, 4) is 0 Å². The summed E-state index contributed by atoms with van der Waals surface area (Å²) in [5.41, 5.74) is 2.41. The highest BCUT2D eigenvalue weighted by Gasteiger charge is 2.29. The third kappa shape index (κ3) is 4.53. The molecule has 0 radical (unpaired) electrons. The molecule has 3 unspecified atom stereocenters. The Morgan fingerprint density at radius 3 is 2.50 bits per heavy atom. The topological polar surface area (TPSA) is 106 Å². The van der Waals surface area contributed by atoms with Crippen molar-refractivity contribution in [3.63, 3.8) is 0 Å². The van der Waals surface area contributed by atoms with E-state index in [1.807, 2.05) is 29.2 Å². The number of carbonyl (C=O) groups is 2. The lowest BCUT2D eigenvalue weighted by atomic mass is 9.91. The molecule has 4 rings (SSSR count). The number of nitrogens with one attached hydrogen (secondary N) is 1. The lowest BCUT2D eigenvalue weighted by molar-refractivity contribution is -0.384. The second-order valence-electron chi connectivity index (χ2n) is 9.39. The van der Waals surface area contributed by atoms with Crippen molar-refractivity contribution in [1.82, 2.24) is 4.98 Å². The van der Waals surface area contributed by atoms with Crippen LogP contribution in [-0.2, 0) is 4.74 Å². The molecule has 8 nitrogen and oxygen atoms in total. The van der Waals surface area contributed by atoms with Gasteiger partial charge < -0.3 is 14.6 Å². The summed E-state index contributed by atoms with van der Waals surface area (Å²) >= 11 is 0. The largest absolute Gasteiger partial charge is 0.451 e. The van der Waals surface area contributed by atoms with Gasteiger partial charge >= 0.3 is 5.97 Å². The van der Waals surface area contributed by atoms with Crippen molar-refractivity contribution < 1.29 is 19.2 Å². The minimum absolute atomic E-state index is 0.0452. The van der Waals surface area contributed by atoms with Gasteiger partial charge in [0, 0.05) is 41.3 Å². The molecule has 1 saturated heterocycles. The van der Waals surface area contributed by atoms with Crippen molar-refractivity contribution in [2.75, 3.05) is 18.0 Å². The zero-order valence-corrected chi connectivity index (χ0v) is 19.8. The van der Waals surface area contributed by atoms with E-state index in [0.717, 1.165) is 30.4 Å². The Hall–Kier alpha value is -3.68. The lowest BCUT2D eigenvalue weighted by Gasteiger charge is -2.36. The predicted octanol–water partition coefficient (Wildman–Crippen LogP) is 5.30. The Labute approximate surface area is 198 Å². The number of esters is 1. The van der Waals surface area contributed by atoms with Gasteiger partial charge in [0.25, 0.3) is 5.69 Å². The Balaban J connectivity index is 1.55. The maximum Gasteiger partial charge on any atom is 0.339 e. The first-order chi connectivity index (χ1) is 16.2. The fourth-order valence-electron chi connectivity index (χ4n) is 5.00. The molecule has 3 atom stereocenters. The number of aryl methyl sites for hydroxylation is 1. The molecule has 34 heavy (non-hydrogen) atoms. The van der Waals surface area contributed by atoms with E-state index in [2.05, 4.69) is 18.8 Å². The molecular formula is C26H29N3O5. The predicted molar refractivity (Wildman–Crippen MR) is 130 cm³/mol. The van der Waals surface area contributed by atoms with E-state index in [4.69, 9.17) is 4.74 Å². The smallest absolute Gasteiger partial charge is 0.339 e. The molecule has 0 saturated carbocycles. The molecule has 2 aromatic carbocycles. The molecular weight excluding hydrogens is 434 g/mol. The maximum absolute atomic E-state index is 13.1. The molecule has 1 aliphatic heterocycles. The molecule has 0 spiro atoms. The Bertz CT molecular complexity index is 1250. The summed E-state index contributed by atoms with van der Waals surface area (Å²) < 4.78 is 5.44. The van der Waals surface area contributed by atoms with Crippen molar-refractivity contribution in [3.05, 3.63) is 69.4 Å². The Morgan fingerprint density at radius 2 is 1.82 bits per heavy atom. The molecule has 0 bridgehead atoms. The van der Waals surface area contributed by atoms with Gasteiger partial charge in [0.05, 0.1) is 10.5 Å². The van der Waals surface area contributed by atoms with Crippen LogP contribution in [0, 0.1) is 28.9 Å². The molecule has 2 heterocycles. The summed E-state index contributed by atoms with van der Waals surface area (Å²) in [5, 5.41) is 12.6. The number of fused-ring (bicyclic) bond motifs is 1. The number of benzene rings is 2. The highest BCUT2D eigenvalue weighted by molar-refractivity contribution is 6.11. The fourth-order valence-corrected chi connectivity index (χ4v) is 5.00. The number of carbonyl (C=O) groups excluding carboxylic acids is 2. The Kier molecular flexibility index (Phi) is 6.41. The number of rotatable bonds is 6. The van der Waals surface area contributed by atoms with Crippen LogP contribution in [0.3, 0.4) is 0 Å². The number of nitrogens with zero attached hydrogens (tertiary/aromatic N) is 2. The number of piperidine rings is 1. The summed E-state index contributed by atoms with van der Waals surface area (Å²) in [6.45, 7) is 9.03. The summed E-state index contributed by atoms with van der Waals surface area (Å²) in [4.78, 5) is 42.4. The van der Waals surface area contributed by atoms with Gasteiger partial charge in [-0.2, -0.15) is 0 Å². The van der Waals surface area contributed by atoms with E-state index in [1.165, 1.54) is 19.1 Å². The number of ketones is 1. The number of Topliss-reactive ketones (excluding diaryl/α,β-unsaturated/α-hetero) is 1. The first-order valence-corrected chi connectivity index (χ1v) is 11.5. The number of ether oxygens (including phenoxy) is 1. The number of hydrogen-bond donors (Lipinski definition) is 1. The van der Waals surface area contributed by atoms with Gasteiger partial charge in [-0.15, -0.1) is 0 Å². The fraction of sp³-hybridized carbons (Fsp3) is 0.385. The average molecular weight is 464 g/mol. The number of H-pyrrole nitrogens is 1. The SMILES string of the molecule is Cc1[nH]c2ccccc2c1C(=O)C(C)OC(=O)c1ccc(N2CC(C)CC(C)C2)c([N+](=O)[O-])c1. The van der Waals surface area contributed by atoms with Crippen molar-refractivity contribution in [2.24, 2.45) is 11.8 Å². The standard InChI is InChI=1S/C26H29N3O5/c1-15-11-16(2)14-28(13-15)22-10-9-19(12-23(22)29(32)33)26(31)34-18(4)25(30)24-17(3)27-21-8-6-5-7-20(21)24/h5-10,12,15-16,18,27H,11,13-14H2,1-4H3. The quantitative estimate of drug-likeness (QED) is 0.230. The molecule has 0 amide bonds. The average Bonchev–Trinajstić information content (AvgIpc) is 3.12. The summed E-state index contributed by atoms with van der Waals surface area (Å²) in [6.07, 6.45) is 0.0317. The number of para-hydroxylation sites is 1. The van der Waals surface area contributed by atoms with Crippen molar-refractivity contribution >= 4 is 34.0 Å². The first-order valence-electron chi connectivity index (χ1n) is 11.5. The molecule has 3 aromatic rings. The van der Waals surface area contributed by atoms with Gasteiger partial charge in [0.2, 0.25) is 5.78 Å². The van der Waals surface area contributed by atoms with Gasteiger partial charge in [0.15, 0.2) is 6.10 Å². The minimum atomic E-state index is -1.05. The zero-order valence-electron chi connectivity index (χ0n) is 19.8. The summed E-state index contributed by atoms with van der Waals surface area (Å²) in [5.74, 6) is -0.250. The zero-order chi connectivity index (χ0) is 24.6. The molecule has 1 N–H and O–H groups in total. The second-order valence-corrected chi connectivity index (χ2v) is 9.39. The lowest BCUT2D eigenvalue weighted by Crippen LogP contribution is -2.39. The molecule has 1 aliphatic rings. The third-order valence-electron chi connectivity index (χ3n) is 6.41. The first kappa shape index (κ1) is 23.5.